The van der Waals surface area contributed by atoms with E-state index in [1.807, 2.05) is 0 Å². The molecule has 0 aromatic carbocycles. The third-order valence-corrected chi connectivity index (χ3v) is 4.03. The van der Waals surface area contributed by atoms with E-state index in [1.54, 1.807) is 6.92 Å². The highest BCUT2D eigenvalue weighted by atomic mass is 16.1. The zero-order valence-electron chi connectivity index (χ0n) is 9.25. The Labute approximate surface area is 86.5 Å². The van der Waals surface area contributed by atoms with Crippen molar-refractivity contribution in [1.82, 2.24) is 5.32 Å². The Hall–Kier alpha value is -0.370. The van der Waals surface area contributed by atoms with E-state index in [2.05, 4.69) is 12.2 Å². The minimum atomic E-state index is 0.367. The van der Waals surface area contributed by atoms with Crippen molar-refractivity contribution in [2.75, 3.05) is 0 Å². The summed E-state index contributed by atoms with van der Waals surface area (Å²) in [5, 5.41) is 3.67. The van der Waals surface area contributed by atoms with E-state index in [0.29, 0.717) is 23.8 Å². The van der Waals surface area contributed by atoms with Gasteiger partial charge in [0.15, 0.2) is 0 Å². The van der Waals surface area contributed by atoms with Gasteiger partial charge in [0.25, 0.3) is 0 Å². The number of nitrogens with one attached hydrogen (secondary N) is 1. The quantitative estimate of drug-likeness (QED) is 0.694. The van der Waals surface area contributed by atoms with Gasteiger partial charge in [0.2, 0.25) is 0 Å². The van der Waals surface area contributed by atoms with Gasteiger partial charge in [0.05, 0.1) is 0 Å². The highest BCUT2D eigenvalue weighted by Gasteiger charge is 2.35. The van der Waals surface area contributed by atoms with Crippen LogP contribution in [-0.4, -0.2) is 17.9 Å². The zero-order valence-corrected chi connectivity index (χ0v) is 9.25. The lowest BCUT2D eigenvalue weighted by atomic mass is 9.72. The maximum atomic E-state index is 11.3. The average molecular weight is 195 g/mol. The predicted molar refractivity (Wildman–Crippen MR) is 57.1 cm³/mol. The van der Waals surface area contributed by atoms with E-state index in [9.17, 15) is 4.79 Å². The molecule has 0 aromatic rings. The molecule has 1 saturated heterocycles. The molecule has 1 saturated carbocycles. The Morgan fingerprint density at radius 2 is 2.00 bits per heavy atom. The molecular formula is C12H21NO. The number of carbonyl (C=O) groups excluding carboxylic acids is 1. The summed E-state index contributed by atoms with van der Waals surface area (Å²) in [4.78, 5) is 11.3. The van der Waals surface area contributed by atoms with Gasteiger partial charge in [-0.25, -0.2) is 0 Å². The van der Waals surface area contributed by atoms with Crippen LogP contribution in [0.25, 0.3) is 0 Å². The van der Waals surface area contributed by atoms with E-state index < -0.39 is 0 Å². The Morgan fingerprint density at radius 3 is 2.71 bits per heavy atom. The fourth-order valence-electron chi connectivity index (χ4n) is 3.08. The van der Waals surface area contributed by atoms with Crippen LogP contribution in [0.3, 0.4) is 0 Å². The van der Waals surface area contributed by atoms with Gasteiger partial charge in [-0.05, 0) is 51.9 Å². The fourth-order valence-corrected chi connectivity index (χ4v) is 3.08. The first-order valence-corrected chi connectivity index (χ1v) is 5.93. The molecule has 4 atom stereocenters. The van der Waals surface area contributed by atoms with Crippen molar-refractivity contribution < 1.29 is 4.79 Å². The van der Waals surface area contributed by atoms with Crippen molar-refractivity contribution in [3.63, 3.8) is 0 Å². The van der Waals surface area contributed by atoms with Crippen molar-refractivity contribution in [2.45, 2.75) is 58.0 Å². The number of carbonyl (C=O) groups is 1. The molecule has 0 radical (unpaired) electrons. The van der Waals surface area contributed by atoms with Gasteiger partial charge < -0.3 is 5.32 Å². The van der Waals surface area contributed by atoms with Crippen LogP contribution in [0.2, 0.25) is 0 Å². The van der Waals surface area contributed by atoms with Crippen molar-refractivity contribution in [2.24, 2.45) is 11.8 Å². The van der Waals surface area contributed by atoms with Gasteiger partial charge in [-0.3, -0.25) is 4.79 Å². The second-order valence-electron chi connectivity index (χ2n) is 5.13. The number of hydrogen-bond donors (Lipinski definition) is 1. The maximum Gasteiger partial charge on any atom is 0.132 e. The summed E-state index contributed by atoms with van der Waals surface area (Å²) in [7, 11) is 0. The molecule has 1 aliphatic heterocycles. The second kappa shape index (κ2) is 4.01. The van der Waals surface area contributed by atoms with Crippen molar-refractivity contribution >= 4 is 5.78 Å². The number of rotatable bonds is 1. The number of hydrogen-bond acceptors (Lipinski definition) is 2. The SMILES string of the molecule is CC(=O)C1CCC2NC(C)CCC2C1. The molecule has 0 amide bonds. The second-order valence-corrected chi connectivity index (χ2v) is 5.13. The van der Waals surface area contributed by atoms with Crippen LogP contribution >= 0.6 is 0 Å². The minimum absolute atomic E-state index is 0.367. The van der Waals surface area contributed by atoms with Crippen LogP contribution in [0, 0.1) is 11.8 Å². The van der Waals surface area contributed by atoms with E-state index in [0.717, 1.165) is 18.8 Å². The largest absolute Gasteiger partial charge is 0.311 e. The van der Waals surface area contributed by atoms with Crippen LogP contribution in [-0.2, 0) is 4.79 Å². The summed E-state index contributed by atoms with van der Waals surface area (Å²) < 4.78 is 0. The van der Waals surface area contributed by atoms with Crippen molar-refractivity contribution in [1.29, 1.82) is 0 Å². The molecule has 2 heteroatoms. The first-order chi connectivity index (χ1) is 6.66. The molecule has 0 aromatic heterocycles. The number of fused-ring (bicyclic) bond motifs is 1. The molecule has 0 spiro atoms. The van der Waals surface area contributed by atoms with Gasteiger partial charge in [-0.2, -0.15) is 0 Å². The molecule has 1 N–H and O–H groups in total. The summed E-state index contributed by atoms with van der Waals surface area (Å²) >= 11 is 0. The topological polar surface area (TPSA) is 29.1 Å². The summed E-state index contributed by atoms with van der Waals surface area (Å²) in [5.41, 5.74) is 0. The minimum Gasteiger partial charge on any atom is -0.311 e. The van der Waals surface area contributed by atoms with Crippen molar-refractivity contribution in [3.05, 3.63) is 0 Å². The van der Waals surface area contributed by atoms with Crippen LogP contribution in [0.1, 0.15) is 46.0 Å². The Bertz CT molecular complexity index is 226. The van der Waals surface area contributed by atoms with Crippen molar-refractivity contribution in [3.8, 4) is 0 Å². The lowest BCUT2D eigenvalue weighted by Crippen LogP contribution is -2.49. The first-order valence-electron chi connectivity index (χ1n) is 5.93. The van der Waals surface area contributed by atoms with E-state index in [4.69, 9.17) is 0 Å². The molecular weight excluding hydrogens is 174 g/mol. The fraction of sp³-hybridized carbons (Fsp3) is 0.917. The molecule has 0 bridgehead atoms. The average Bonchev–Trinajstić information content (AvgIpc) is 2.16. The lowest BCUT2D eigenvalue weighted by molar-refractivity contribution is -0.122. The summed E-state index contributed by atoms with van der Waals surface area (Å²) in [6.45, 7) is 4.02. The van der Waals surface area contributed by atoms with Crippen LogP contribution in [0.4, 0.5) is 0 Å². The maximum absolute atomic E-state index is 11.3. The number of ketones is 1. The zero-order chi connectivity index (χ0) is 10.1. The molecule has 80 valence electrons. The third-order valence-electron chi connectivity index (χ3n) is 4.03. The smallest absolute Gasteiger partial charge is 0.132 e. The van der Waals surface area contributed by atoms with Crippen LogP contribution < -0.4 is 5.32 Å². The normalized spacial score (nSPS) is 43.0. The molecule has 2 fully saturated rings. The molecule has 1 heterocycles. The standard InChI is InChI=1S/C12H21NO/c1-8-3-4-11-7-10(9(2)14)5-6-12(11)13-8/h8,10-13H,3-7H2,1-2H3. The summed E-state index contributed by atoms with van der Waals surface area (Å²) in [6, 6.07) is 1.39. The van der Waals surface area contributed by atoms with E-state index >= 15 is 0 Å². The monoisotopic (exact) mass is 195 g/mol. The molecule has 2 aliphatic rings. The number of piperidine rings is 1. The van der Waals surface area contributed by atoms with Crippen LogP contribution in [0.5, 0.6) is 0 Å². The molecule has 14 heavy (non-hydrogen) atoms. The van der Waals surface area contributed by atoms with Crippen LogP contribution in [0.15, 0.2) is 0 Å². The Kier molecular flexibility index (Phi) is 2.91. The highest BCUT2D eigenvalue weighted by Crippen LogP contribution is 2.35. The van der Waals surface area contributed by atoms with Gasteiger partial charge in [-0.1, -0.05) is 0 Å². The van der Waals surface area contributed by atoms with Gasteiger partial charge in [-0.15, -0.1) is 0 Å². The molecule has 2 rings (SSSR count). The predicted octanol–water partition coefficient (Wildman–Crippen LogP) is 2.13. The van der Waals surface area contributed by atoms with Gasteiger partial charge in [0.1, 0.15) is 5.78 Å². The number of Topliss-reactive ketones (excluding diaryl/α,β-unsaturated/α-hetero) is 1. The summed E-state index contributed by atoms with van der Waals surface area (Å²) in [6.07, 6.45) is 6.06. The van der Waals surface area contributed by atoms with Gasteiger partial charge >= 0.3 is 0 Å². The molecule has 4 unspecified atom stereocenters. The lowest BCUT2D eigenvalue weighted by Gasteiger charge is -2.41. The van der Waals surface area contributed by atoms with E-state index in [-0.39, 0.29) is 0 Å². The Morgan fingerprint density at radius 1 is 1.21 bits per heavy atom. The Balaban J connectivity index is 1.94. The third kappa shape index (κ3) is 2.00. The molecule has 2 nitrogen and oxygen atoms in total. The van der Waals surface area contributed by atoms with E-state index in [1.165, 1.54) is 19.3 Å². The molecule has 1 aliphatic carbocycles. The highest BCUT2D eigenvalue weighted by molar-refractivity contribution is 5.78. The summed E-state index contributed by atoms with van der Waals surface area (Å²) in [5.74, 6) is 1.54. The first kappa shape index (κ1) is 10.2. The van der Waals surface area contributed by atoms with Gasteiger partial charge in [0, 0.05) is 18.0 Å².